The Balaban J connectivity index is 1.68. The molecule has 3 aromatic rings. The number of aromatic nitrogens is 4. The quantitative estimate of drug-likeness (QED) is 0.562. The minimum Gasteiger partial charge on any atom is -0.496 e. The highest BCUT2D eigenvalue weighted by Gasteiger charge is 2.28. The number of ether oxygens (including phenoxy) is 2. The lowest BCUT2D eigenvalue weighted by Gasteiger charge is -2.35. The van der Waals surface area contributed by atoms with Gasteiger partial charge >= 0.3 is 0 Å². The van der Waals surface area contributed by atoms with Crippen molar-refractivity contribution in [3.8, 4) is 17.1 Å². The fourth-order valence-electron chi connectivity index (χ4n) is 3.67. The van der Waals surface area contributed by atoms with E-state index in [4.69, 9.17) is 9.47 Å². The summed E-state index contributed by atoms with van der Waals surface area (Å²) in [5.41, 5.74) is 1.89. The van der Waals surface area contributed by atoms with E-state index in [1.807, 2.05) is 4.90 Å². The van der Waals surface area contributed by atoms with Gasteiger partial charge in [0, 0.05) is 37.1 Å². The third-order valence-corrected chi connectivity index (χ3v) is 5.79. The van der Waals surface area contributed by atoms with Gasteiger partial charge in [0.15, 0.2) is 0 Å². The first kappa shape index (κ1) is 22.7. The van der Waals surface area contributed by atoms with Gasteiger partial charge in [-0.2, -0.15) is 0 Å². The molecule has 33 heavy (non-hydrogen) atoms. The second-order valence-corrected chi connectivity index (χ2v) is 9.32. The van der Waals surface area contributed by atoms with Crippen LogP contribution in [-0.2, 0) is 21.8 Å². The third-order valence-electron chi connectivity index (χ3n) is 5.18. The van der Waals surface area contributed by atoms with E-state index in [9.17, 15) is 13.2 Å². The van der Waals surface area contributed by atoms with Crippen molar-refractivity contribution in [1.82, 2.24) is 19.5 Å². The minimum atomic E-state index is -3.44. The van der Waals surface area contributed by atoms with Gasteiger partial charge in [-0.1, -0.05) is 0 Å². The van der Waals surface area contributed by atoms with Crippen molar-refractivity contribution < 1.29 is 17.9 Å². The molecule has 0 bridgehead atoms. The van der Waals surface area contributed by atoms with Crippen molar-refractivity contribution in [3.05, 3.63) is 58.8 Å². The third kappa shape index (κ3) is 5.12. The van der Waals surface area contributed by atoms with E-state index in [0.717, 1.165) is 6.26 Å². The number of benzene rings is 1. The van der Waals surface area contributed by atoms with Crippen LogP contribution in [-0.4, -0.2) is 61.0 Å². The Morgan fingerprint density at radius 1 is 1.21 bits per heavy atom. The van der Waals surface area contributed by atoms with Crippen LogP contribution in [0.4, 0.5) is 11.6 Å². The number of rotatable bonds is 6. The van der Waals surface area contributed by atoms with Crippen LogP contribution in [0.15, 0.2) is 47.7 Å². The highest BCUT2D eigenvalue weighted by atomic mass is 32.2. The summed E-state index contributed by atoms with van der Waals surface area (Å²) in [7, 11) is -0.236. The van der Waals surface area contributed by atoms with Gasteiger partial charge in [-0.25, -0.2) is 23.4 Å². The first-order valence-corrected chi connectivity index (χ1v) is 12.0. The fraction of sp³-hybridized carbons (Fsp3) is 0.333. The average Bonchev–Trinajstić information content (AvgIpc) is 2.80. The van der Waals surface area contributed by atoms with Crippen molar-refractivity contribution >= 4 is 21.7 Å². The smallest absolute Gasteiger partial charge is 0.255 e. The van der Waals surface area contributed by atoms with Gasteiger partial charge in [0.25, 0.3) is 5.56 Å². The number of hydrogen-bond acceptors (Lipinski definition) is 9. The number of anilines is 2. The topological polar surface area (TPSA) is 129 Å². The predicted molar refractivity (Wildman–Crippen MR) is 123 cm³/mol. The van der Waals surface area contributed by atoms with Crippen LogP contribution >= 0.6 is 0 Å². The van der Waals surface area contributed by atoms with Crippen LogP contribution in [0.2, 0.25) is 0 Å². The van der Waals surface area contributed by atoms with Crippen LogP contribution in [0.5, 0.6) is 5.75 Å². The van der Waals surface area contributed by atoms with Gasteiger partial charge in [-0.3, -0.25) is 14.1 Å². The molecule has 0 amide bonds. The van der Waals surface area contributed by atoms with Crippen LogP contribution in [0.25, 0.3) is 11.4 Å². The molecule has 0 aliphatic carbocycles. The van der Waals surface area contributed by atoms with Crippen LogP contribution < -0.4 is 19.9 Å². The first-order chi connectivity index (χ1) is 15.7. The average molecular weight is 473 g/mol. The highest BCUT2D eigenvalue weighted by molar-refractivity contribution is 7.92. The number of hydrogen-bond donors (Lipinski definition) is 1. The molecule has 1 fully saturated rings. The standard InChI is InChI=1S/C21H24N6O5S/c1-26-20(28)11-17(16-6-7-22-13-23-16)24-21(26)27-8-9-32-19(12-27)15-10-14(25-33(3,29)30)4-5-18(15)31-2/h4-7,10-11,13,19,25H,8-9,12H2,1-3H3/t19-/m1/s1. The minimum absolute atomic E-state index is 0.214. The maximum Gasteiger partial charge on any atom is 0.255 e. The number of sulfonamides is 1. The summed E-state index contributed by atoms with van der Waals surface area (Å²) >= 11 is 0. The Kier molecular flexibility index (Phi) is 6.29. The van der Waals surface area contributed by atoms with Crippen LogP contribution in [0.3, 0.4) is 0 Å². The molecule has 0 radical (unpaired) electrons. The van der Waals surface area contributed by atoms with Crippen LogP contribution in [0.1, 0.15) is 11.7 Å². The van der Waals surface area contributed by atoms with E-state index in [0.29, 0.717) is 54.0 Å². The SMILES string of the molecule is COc1ccc(NS(C)(=O)=O)cc1[C@H]1CN(c2nc(-c3ccncn3)cc(=O)n2C)CCO1. The van der Waals surface area contributed by atoms with Gasteiger partial charge in [0.2, 0.25) is 16.0 Å². The van der Waals surface area contributed by atoms with E-state index in [1.54, 1.807) is 44.6 Å². The Morgan fingerprint density at radius 3 is 2.73 bits per heavy atom. The van der Waals surface area contributed by atoms with Crippen molar-refractivity contribution in [2.75, 3.05) is 42.7 Å². The molecule has 12 heteroatoms. The van der Waals surface area contributed by atoms with Crippen molar-refractivity contribution in [3.63, 3.8) is 0 Å². The molecule has 11 nitrogen and oxygen atoms in total. The Labute approximate surface area is 191 Å². The molecule has 174 valence electrons. The van der Waals surface area contributed by atoms with Gasteiger partial charge in [0.05, 0.1) is 37.9 Å². The maximum absolute atomic E-state index is 12.6. The first-order valence-electron chi connectivity index (χ1n) is 10.1. The Bertz CT molecular complexity index is 1310. The molecular weight excluding hydrogens is 448 g/mol. The number of morpholine rings is 1. The Morgan fingerprint density at radius 2 is 2.03 bits per heavy atom. The summed E-state index contributed by atoms with van der Waals surface area (Å²) < 4.78 is 38.8. The van der Waals surface area contributed by atoms with Crippen molar-refractivity contribution in [2.45, 2.75) is 6.10 Å². The fourth-order valence-corrected chi connectivity index (χ4v) is 4.22. The normalized spacial score (nSPS) is 16.5. The summed E-state index contributed by atoms with van der Waals surface area (Å²) in [5, 5.41) is 0. The summed E-state index contributed by atoms with van der Waals surface area (Å²) in [6.45, 7) is 1.28. The maximum atomic E-state index is 12.6. The van der Waals surface area contributed by atoms with Gasteiger partial charge in [0.1, 0.15) is 18.2 Å². The molecule has 1 aliphatic rings. The lowest BCUT2D eigenvalue weighted by molar-refractivity contribution is 0.0375. The highest BCUT2D eigenvalue weighted by Crippen LogP contribution is 2.34. The molecule has 0 saturated carbocycles. The predicted octanol–water partition coefficient (Wildman–Crippen LogP) is 1.20. The van der Waals surface area contributed by atoms with Gasteiger partial charge < -0.3 is 14.4 Å². The molecule has 1 saturated heterocycles. The molecule has 1 N–H and O–H groups in total. The Hall–Kier alpha value is -3.51. The van der Waals surface area contributed by atoms with E-state index in [2.05, 4.69) is 19.7 Å². The zero-order chi connectivity index (χ0) is 23.6. The molecule has 2 aromatic heterocycles. The lowest BCUT2D eigenvalue weighted by Crippen LogP contribution is -2.41. The van der Waals surface area contributed by atoms with Crippen molar-refractivity contribution in [1.29, 1.82) is 0 Å². The van der Waals surface area contributed by atoms with Gasteiger partial charge in [-0.15, -0.1) is 0 Å². The molecule has 1 atom stereocenters. The van der Waals surface area contributed by atoms with Crippen LogP contribution in [0, 0.1) is 0 Å². The number of methoxy groups -OCH3 is 1. The second kappa shape index (κ2) is 9.16. The zero-order valence-electron chi connectivity index (χ0n) is 18.4. The van der Waals surface area contributed by atoms with E-state index < -0.39 is 16.1 Å². The molecule has 3 heterocycles. The molecule has 0 spiro atoms. The largest absolute Gasteiger partial charge is 0.496 e. The summed E-state index contributed by atoms with van der Waals surface area (Å²) in [6.07, 6.45) is 3.65. The van der Waals surface area contributed by atoms with E-state index >= 15 is 0 Å². The molecule has 4 rings (SSSR count). The number of nitrogens with zero attached hydrogens (tertiary/aromatic N) is 5. The lowest BCUT2D eigenvalue weighted by atomic mass is 10.1. The number of nitrogens with one attached hydrogen (secondary N) is 1. The molecule has 1 aliphatic heterocycles. The second-order valence-electron chi connectivity index (χ2n) is 7.57. The summed E-state index contributed by atoms with van der Waals surface area (Å²) in [4.78, 5) is 27.4. The van der Waals surface area contributed by atoms with Crippen molar-refractivity contribution in [2.24, 2.45) is 7.05 Å². The van der Waals surface area contributed by atoms with Gasteiger partial charge in [-0.05, 0) is 24.3 Å². The molecule has 1 aromatic carbocycles. The van der Waals surface area contributed by atoms with E-state index in [1.165, 1.54) is 17.0 Å². The summed E-state index contributed by atoms with van der Waals surface area (Å²) in [6, 6.07) is 8.14. The van der Waals surface area contributed by atoms with E-state index in [-0.39, 0.29) is 5.56 Å². The molecule has 0 unspecified atom stereocenters. The zero-order valence-corrected chi connectivity index (χ0v) is 19.2. The summed E-state index contributed by atoms with van der Waals surface area (Å²) in [5.74, 6) is 1.05. The monoisotopic (exact) mass is 472 g/mol. The molecular formula is C21H24N6O5S.